The number of alkyl halides is 3. The summed E-state index contributed by atoms with van der Waals surface area (Å²) in [5, 5.41) is 19.8. The summed E-state index contributed by atoms with van der Waals surface area (Å²) in [4.78, 5) is 11.3. The molecule has 0 heterocycles. The van der Waals surface area contributed by atoms with Crippen LogP contribution < -0.4 is 4.90 Å². The molecule has 22 heavy (non-hydrogen) atoms. The lowest BCUT2D eigenvalue weighted by Crippen LogP contribution is -2.26. The largest absolute Gasteiger partial charge is 0.418 e. The van der Waals surface area contributed by atoms with Gasteiger partial charge in [0.1, 0.15) is 11.6 Å². The van der Waals surface area contributed by atoms with Gasteiger partial charge in [0.05, 0.1) is 16.2 Å². The highest BCUT2D eigenvalue weighted by Crippen LogP contribution is 2.40. The quantitative estimate of drug-likeness (QED) is 0.456. The molecule has 1 aromatic rings. The summed E-state index contributed by atoms with van der Waals surface area (Å²) >= 11 is 0. The van der Waals surface area contributed by atoms with Crippen LogP contribution in [0.5, 0.6) is 0 Å². The van der Waals surface area contributed by atoms with Crippen molar-refractivity contribution in [3.05, 3.63) is 58.7 Å². The molecule has 0 atom stereocenters. The lowest BCUT2D eigenvalue weighted by Gasteiger charge is -2.25. The van der Waals surface area contributed by atoms with Crippen LogP contribution in [0, 0.1) is 21.4 Å². The molecule has 0 amide bonds. The predicted molar refractivity (Wildman–Crippen MR) is 75.4 cm³/mol. The van der Waals surface area contributed by atoms with Crippen LogP contribution in [0.2, 0.25) is 0 Å². The molecule has 8 heteroatoms. The topological polar surface area (TPSA) is 70.2 Å². The molecule has 0 unspecified atom stereocenters. The monoisotopic (exact) mass is 311 g/mol. The number of anilines is 1. The third-order valence-electron chi connectivity index (χ3n) is 2.78. The molecule has 1 rings (SSSR count). The van der Waals surface area contributed by atoms with Crippen molar-refractivity contribution in [2.45, 2.75) is 6.18 Å². The maximum atomic E-state index is 13.2. The highest BCUT2D eigenvalue weighted by molar-refractivity contribution is 5.66. The van der Waals surface area contributed by atoms with Gasteiger partial charge < -0.3 is 4.90 Å². The fourth-order valence-electron chi connectivity index (χ4n) is 1.89. The molecule has 0 N–H and O–H groups in total. The highest BCUT2D eigenvalue weighted by Gasteiger charge is 2.37. The second kappa shape index (κ2) is 6.76. The van der Waals surface area contributed by atoms with Crippen molar-refractivity contribution in [2.75, 3.05) is 18.0 Å². The van der Waals surface area contributed by atoms with Crippen LogP contribution in [-0.4, -0.2) is 18.0 Å². The standard InChI is InChI=1S/C14H12F3N3O2/c1-3-5-19(6-4-2)13-8-12(20(21)22)10(9-18)7-11(13)14(15,16)17/h3-4,7-8H,1-2,5-6H2. The minimum Gasteiger partial charge on any atom is -0.363 e. The summed E-state index contributed by atoms with van der Waals surface area (Å²) in [6.07, 6.45) is -2.02. The summed E-state index contributed by atoms with van der Waals surface area (Å²) in [7, 11) is 0. The lowest BCUT2D eigenvalue weighted by molar-refractivity contribution is -0.385. The van der Waals surface area contributed by atoms with E-state index < -0.39 is 33.6 Å². The van der Waals surface area contributed by atoms with E-state index in [0.717, 1.165) is 6.07 Å². The SMILES string of the molecule is C=CCN(CC=C)c1cc([N+](=O)[O-])c(C#N)cc1C(F)(F)F. The molecular weight excluding hydrogens is 299 g/mol. The summed E-state index contributed by atoms with van der Waals surface area (Å²) < 4.78 is 39.5. The van der Waals surface area contributed by atoms with Gasteiger partial charge in [-0.25, -0.2) is 0 Å². The molecule has 116 valence electrons. The van der Waals surface area contributed by atoms with E-state index >= 15 is 0 Å². The molecule has 0 fully saturated rings. The number of nitrogens with zero attached hydrogens (tertiary/aromatic N) is 3. The van der Waals surface area contributed by atoms with E-state index in [1.165, 1.54) is 23.1 Å². The fraction of sp³-hybridized carbons (Fsp3) is 0.214. The Hall–Kier alpha value is -2.82. The van der Waals surface area contributed by atoms with Crippen LogP contribution in [0.4, 0.5) is 24.5 Å². The Labute approximate surface area is 124 Å². The highest BCUT2D eigenvalue weighted by atomic mass is 19.4. The van der Waals surface area contributed by atoms with Crippen LogP contribution in [0.1, 0.15) is 11.1 Å². The number of hydrogen-bond donors (Lipinski definition) is 0. The molecule has 0 bridgehead atoms. The van der Waals surface area contributed by atoms with Crippen molar-refractivity contribution in [3.63, 3.8) is 0 Å². The number of nitriles is 1. The van der Waals surface area contributed by atoms with Crippen molar-refractivity contribution < 1.29 is 18.1 Å². The van der Waals surface area contributed by atoms with Crippen molar-refractivity contribution in [2.24, 2.45) is 0 Å². The van der Waals surface area contributed by atoms with Gasteiger partial charge in [-0.3, -0.25) is 10.1 Å². The van der Waals surface area contributed by atoms with Crippen LogP contribution in [0.25, 0.3) is 0 Å². The Kier molecular flexibility index (Phi) is 5.29. The number of nitro groups is 1. The second-order valence-corrected chi connectivity index (χ2v) is 4.24. The zero-order valence-electron chi connectivity index (χ0n) is 11.4. The average Bonchev–Trinajstić information content (AvgIpc) is 2.44. The Morgan fingerprint density at radius 3 is 2.23 bits per heavy atom. The maximum Gasteiger partial charge on any atom is 0.418 e. The van der Waals surface area contributed by atoms with Gasteiger partial charge in [0.25, 0.3) is 5.69 Å². The first-order chi connectivity index (χ1) is 10.3. The molecule has 0 spiro atoms. The minimum absolute atomic E-state index is 0.0398. The summed E-state index contributed by atoms with van der Waals surface area (Å²) in [5.41, 5.74) is -2.82. The average molecular weight is 311 g/mol. The van der Waals surface area contributed by atoms with Gasteiger partial charge in [0.15, 0.2) is 0 Å². The van der Waals surface area contributed by atoms with E-state index in [1.54, 1.807) is 0 Å². The molecule has 1 aromatic carbocycles. The van der Waals surface area contributed by atoms with Gasteiger partial charge in [0.2, 0.25) is 0 Å². The molecule has 0 aromatic heterocycles. The van der Waals surface area contributed by atoms with Gasteiger partial charge in [-0.1, -0.05) is 12.2 Å². The number of nitro benzene ring substituents is 1. The first-order valence-electron chi connectivity index (χ1n) is 6.02. The Morgan fingerprint density at radius 2 is 1.86 bits per heavy atom. The van der Waals surface area contributed by atoms with Crippen molar-refractivity contribution in [3.8, 4) is 6.07 Å². The van der Waals surface area contributed by atoms with E-state index in [-0.39, 0.29) is 13.1 Å². The lowest BCUT2D eigenvalue weighted by atomic mass is 10.0. The summed E-state index contributed by atoms with van der Waals surface area (Å²) in [6, 6.07) is 2.67. The number of benzene rings is 1. The van der Waals surface area contributed by atoms with E-state index in [2.05, 4.69) is 13.2 Å². The van der Waals surface area contributed by atoms with Gasteiger partial charge in [-0.05, 0) is 6.07 Å². The number of hydrogen-bond acceptors (Lipinski definition) is 4. The Balaban J connectivity index is 3.67. The van der Waals surface area contributed by atoms with Gasteiger partial charge >= 0.3 is 6.18 Å². The van der Waals surface area contributed by atoms with Crippen LogP contribution >= 0.6 is 0 Å². The molecule has 5 nitrogen and oxygen atoms in total. The van der Waals surface area contributed by atoms with Crippen LogP contribution in [-0.2, 0) is 6.18 Å². The third-order valence-corrected chi connectivity index (χ3v) is 2.78. The molecular formula is C14H12F3N3O2. The van der Waals surface area contributed by atoms with E-state index in [4.69, 9.17) is 5.26 Å². The molecule has 0 aliphatic rings. The van der Waals surface area contributed by atoms with Crippen molar-refractivity contribution in [1.29, 1.82) is 5.26 Å². The molecule has 0 saturated heterocycles. The smallest absolute Gasteiger partial charge is 0.363 e. The first-order valence-corrected chi connectivity index (χ1v) is 6.02. The maximum absolute atomic E-state index is 13.2. The zero-order chi connectivity index (χ0) is 16.9. The van der Waals surface area contributed by atoms with Crippen molar-refractivity contribution >= 4 is 11.4 Å². The van der Waals surface area contributed by atoms with E-state index in [0.29, 0.717) is 6.07 Å². The molecule has 0 aliphatic heterocycles. The van der Waals surface area contributed by atoms with Crippen LogP contribution in [0.3, 0.4) is 0 Å². The van der Waals surface area contributed by atoms with Gasteiger partial charge in [-0.15, -0.1) is 13.2 Å². The molecule has 0 saturated carbocycles. The summed E-state index contributed by atoms with van der Waals surface area (Å²) in [5.74, 6) is 0. The fourth-order valence-corrected chi connectivity index (χ4v) is 1.89. The Morgan fingerprint density at radius 1 is 1.32 bits per heavy atom. The van der Waals surface area contributed by atoms with Crippen molar-refractivity contribution in [1.82, 2.24) is 0 Å². The van der Waals surface area contributed by atoms with E-state index in [9.17, 15) is 23.3 Å². The second-order valence-electron chi connectivity index (χ2n) is 4.24. The number of rotatable bonds is 6. The molecule has 0 radical (unpaired) electrons. The van der Waals surface area contributed by atoms with Gasteiger partial charge in [-0.2, -0.15) is 18.4 Å². The predicted octanol–water partition coefficient (Wildman–Crippen LogP) is 3.66. The number of halogens is 3. The normalized spacial score (nSPS) is 10.6. The minimum atomic E-state index is -4.75. The van der Waals surface area contributed by atoms with Crippen LogP contribution in [0.15, 0.2) is 37.4 Å². The first kappa shape index (κ1) is 17.2. The molecule has 0 aliphatic carbocycles. The van der Waals surface area contributed by atoms with E-state index in [1.807, 2.05) is 0 Å². The Bertz CT molecular complexity index is 638. The third kappa shape index (κ3) is 3.63. The zero-order valence-corrected chi connectivity index (χ0v) is 11.4. The summed E-state index contributed by atoms with van der Waals surface area (Å²) in [6.45, 7) is 6.98. The van der Waals surface area contributed by atoms with Gasteiger partial charge in [0, 0.05) is 19.2 Å².